The van der Waals surface area contributed by atoms with Gasteiger partial charge in [-0.15, -0.1) is 0 Å². The number of rotatable bonds is 2. The van der Waals surface area contributed by atoms with Gasteiger partial charge in [0.1, 0.15) is 0 Å². The van der Waals surface area contributed by atoms with Crippen molar-refractivity contribution in [3.8, 4) is 0 Å². The number of nitrogen functional groups attached to an aromatic ring is 1. The van der Waals surface area contributed by atoms with Crippen LogP contribution in [0.25, 0.3) is 0 Å². The molecule has 0 aromatic heterocycles. The summed E-state index contributed by atoms with van der Waals surface area (Å²) in [5.41, 5.74) is 5.31. The molecule has 74 valence electrons. The SMILES string of the molecule is Nc1cc(C(=O)O)c(I)c(C(=O)O)c1. The van der Waals surface area contributed by atoms with Gasteiger partial charge in [-0.05, 0) is 34.7 Å². The summed E-state index contributed by atoms with van der Waals surface area (Å²) < 4.78 is 0.178. The number of hydrogen-bond acceptors (Lipinski definition) is 3. The summed E-state index contributed by atoms with van der Waals surface area (Å²) in [6.07, 6.45) is 0. The van der Waals surface area contributed by atoms with Crippen LogP contribution < -0.4 is 5.73 Å². The Morgan fingerprint density at radius 3 is 1.79 bits per heavy atom. The third kappa shape index (κ3) is 1.95. The number of benzene rings is 1. The zero-order valence-electron chi connectivity index (χ0n) is 6.82. The van der Waals surface area contributed by atoms with Crippen molar-refractivity contribution in [1.82, 2.24) is 0 Å². The van der Waals surface area contributed by atoms with E-state index >= 15 is 0 Å². The normalized spacial score (nSPS) is 9.79. The van der Waals surface area contributed by atoms with Gasteiger partial charge < -0.3 is 15.9 Å². The van der Waals surface area contributed by atoms with Gasteiger partial charge in [-0.2, -0.15) is 0 Å². The van der Waals surface area contributed by atoms with Crippen LogP contribution in [0.1, 0.15) is 20.7 Å². The number of nitrogens with two attached hydrogens (primary N) is 1. The molecular formula is C8H6INO4. The molecule has 0 unspecified atom stereocenters. The molecule has 0 saturated carbocycles. The van der Waals surface area contributed by atoms with E-state index in [0.29, 0.717) is 0 Å². The maximum atomic E-state index is 10.7. The topological polar surface area (TPSA) is 101 Å². The Labute approximate surface area is 92.7 Å². The molecule has 1 rings (SSSR count). The Morgan fingerprint density at radius 2 is 1.50 bits per heavy atom. The Morgan fingerprint density at radius 1 is 1.14 bits per heavy atom. The van der Waals surface area contributed by atoms with Crippen LogP contribution in [-0.2, 0) is 0 Å². The Balaban J connectivity index is 3.47. The average molecular weight is 307 g/mol. The molecular weight excluding hydrogens is 301 g/mol. The van der Waals surface area contributed by atoms with Gasteiger partial charge in [-0.25, -0.2) is 9.59 Å². The lowest BCUT2D eigenvalue weighted by Gasteiger charge is -2.04. The lowest BCUT2D eigenvalue weighted by Crippen LogP contribution is -2.08. The van der Waals surface area contributed by atoms with Gasteiger partial charge in [-0.1, -0.05) is 0 Å². The zero-order chi connectivity index (χ0) is 10.9. The number of anilines is 1. The molecule has 0 aliphatic carbocycles. The summed E-state index contributed by atoms with van der Waals surface area (Å²) in [5.74, 6) is -2.38. The first-order valence-corrected chi connectivity index (χ1v) is 4.57. The first-order chi connectivity index (χ1) is 6.43. The number of carbonyl (C=O) groups is 2. The fraction of sp³-hybridized carbons (Fsp3) is 0. The lowest BCUT2D eigenvalue weighted by atomic mass is 10.1. The Kier molecular flexibility index (Phi) is 2.94. The minimum atomic E-state index is -1.19. The van der Waals surface area contributed by atoms with Crippen molar-refractivity contribution in [2.75, 3.05) is 5.73 Å². The molecule has 4 N–H and O–H groups in total. The summed E-state index contributed by atoms with van der Waals surface area (Å²) in [6.45, 7) is 0. The molecule has 0 amide bonds. The maximum Gasteiger partial charge on any atom is 0.336 e. The van der Waals surface area contributed by atoms with Crippen molar-refractivity contribution in [1.29, 1.82) is 0 Å². The summed E-state index contributed by atoms with van der Waals surface area (Å²) in [4.78, 5) is 21.4. The van der Waals surface area contributed by atoms with E-state index in [1.165, 1.54) is 12.1 Å². The average Bonchev–Trinajstić information content (AvgIpc) is 2.07. The van der Waals surface area contributed by atoms with Crippen molar-refractivity contribution in [3.63, 3.8) is 0 Å². The first-order valence-electron chi connectivity index (χ1n) is 3.49. The maximum absolute atomic E-state index is 10.7. The summed E-state index contributed by atoms with van der Waals surface area (Å²) in [6, 6.07) is 2.47. The van der Waals surface area contributed by atoms with Crippen molar-refractivity contribution in [2.45, 2.75) is 0 Å². The van der Waals surface area contributed by atoms with Gasteiger partial charge in [0, 0.05) is 9.26 Å². The standard InChI is InChI=1S/C8H6INO4/c9-6-4(7(11)12)1-3(10)2-5(6)8(13)14/h1-2H,10H2,(H,11,12)(H,13,14). The van der Waals surface area contributed by atoms with E-state index < -0.39 is 11.9 Å². The first kappa shape index (κ1) is 10.8. The van der Waals surface area contributed by atoms with Crippen molar-refractivity contribution in [3.05, 3.63) is 26.8 Å². The zero-order valence-corrected chi connectivity index (χ0v) is 8.98. The molecule has 5 nitrogen and oxygen atoms in total. The second-order valence-corrected chi connectivity index (χ2v) is 3.62. The third-order valence-corrected chi connectivity index (χ3v) is 2.72. The molecule has 0 spiro atoms. The molecule has 14 heavy (non-hydrogen) atoms. The van der Waals surface area contributed by atoms with Gasteiger partial charge in [0.25, 0.3) is 0 Å². The molecule has 1 aromatic rings. The largest absolute Gasteiger partial charge is 0.478 e. The molecule has 6 heteroatoms. The van der Waals surface area contributed by atoms with Crippen molar-refractivity contribution >= 4 is 40.2 Å². The molecule has 0 fully saturated rings. The van der Waals surface area contributed by atoms with E-state index in [4.69, 9.17) is 15.9 Å². The highest BCUT2D eigenvalue weighted by Gasteiger charge is 2.17. The summed E-state index contributed by atoms with van der Waals surface area (Å²) >= 11 is 1.67. The van der Waals surface area contributed by atoms with Gasteiger partial charge in [-0.3, -0.25) is 0 Å². The second-order valence-electron chi connectivity index (χ2n) is 2.54. The molecule has 0 saturated heterocycles. The van der Waals surface area contributed by atoms with E-state index in [9.17, 15) is 9.59 Å². The minimum Gasteiger partial charge on any atom is -0.478 e. The predicted octanol–water partition coefficient (Wildman–Crippen LogP) is 1.27. The highest BCUT2D eigenvalue weighted by Crippen LogP contribution is 2.21. The molecule has 0 aliphatic rings. The van der Waals surface area contributed by atoms with Crippen LogP contribution in [0.5, 0.6) is 0 Å². The van der Waals surface area contributed by atoms with Crippen LogP contribution in [-0.4, -0.2) is 22.2 Å². The Bertz CT molecular complexity index is 381. The minimum absolute atomic E-state index is 0.0944. The van der Waals surface area contributed by atoms with Crippen molar-refractivity contribution < 1.29 is 19.8 Å². The van der Waals surface area contributed by atoms with Gasteiger partial charge in [0.05, 0.1) is 11.1 Å². The smallest absolute Gasteiger partial charge is 0.336 e. The van der Waals surface area contributed by atoms with Gasteiger partial charge >= 0.3 is 11.9 Å². The number of aromatic carboxylic acids is 2. The van der Waals surface area contributed by atoms with E-state index in [2.05, 4.69) is 0 Å². The number of hydrogen-bond donors (Lipinski definition) is 3. The molecule has 0 atom stereocenters. The second kappa shape index (κ2) is 3.82. The van der Waals surface area contributed by atoms with Crippen molar-refractivity contribution in [2.24, 2.45) is 0 Å². The fourth-order valence-corrected chi connectivity index (χ4v) is 1.73. The Hall–Kier alpha value is -1.31. The quantitative estimate of drug-likeness (QED) is 0.564. The van der Waals surface area contributed by atoms with E-state index in [1.54, 1.807) is 22.6 Å². The summed E-state index contributed by atoms with van der Waals surface area (Å²) in [5, 5.41) is 17.5. The highest BCUT2D eigenvalue weighted by atomic mass is 127. The van der Waals surface area contributed by atoms with Gasteiger partial charge in [0.15, 0.2) is 0 Å². The van der Waals surface area contributed by atoms with Crippen LogP contribution in [0.15, 0.2) is 12.1 Å². The highest BCUT2D eigenvalue weighted by molar-refractivity contribution is 14.1. The fourth-order valence-electron chi connectivity index (χ4n) is 0.958. The monoisotopic (exact) mass is 307 g/mol. The molecule has 0 bridgehead atoms. The molecule has 1 aromatic carbocycles. The van der Waals surface area contributed by atoms with Gasteiger partial charge in [0.2, 0.25) is 0 Å². The summed E-state index contributed by atoms with van der Waals surface area (Å²) in [7, 11) is 0. The lowest BCUT2D eigenvalue weighted by molar-refractivity contribution is 0.0695. The molecule has 0 heterocycles. The number of halogens is 1. The number of carboxylic acid groups (broad SMARTS) is 2. The number of carboxylic acids is 2. The van der Waals surface area contributed by atoms with Crippen LogP contribution in [0.4, 0.5) is 5.69 Å². The van der Waals surface area contributed by atoms with E-state index in [0.717, 1.165) is 0 Å². The van der Waals surface area contributed by atoms with Crippen LogP contribution in [0.2, 0.25) is 0 Å². The van der Waals surface area contributed by atoms with Crippen LogP contribution in [0, 0.1) is 3.57 Å². The van der Waals surface area contributed by atoms with Crippen LogP contribution >= 0.6 is 22.6 Å². The third-order valence-electron chi connectivity index (χ3n) is 1.56. The molecule has 0 radical (unpaired) electrons. The predicted molar refractivity (Wildman–Crippen MR) is 57.5 cm³/mol. The van der Waals surface area contributed by atoms with E-state index in [-0.39, 0.29) is 20.4 Å². The van der Waals surface area contributed by atoms with Crippen LogP contribution in [0.3, 0.4) is 0 Å². The molecule has 0 aliphatic heterocycles. The van der Waals surface area contributed by atoms with E-state index in [1.807, 2.05) is 0 Å².